The Bertz CT molecular complexity index is 484. The van der Waals surface area contributed by atoms with Gasteiger partial charge < -0.3 is 9.47 Å². The third-order valence-corrected chi connectivity index (χ3v) is 3.23. The highest BCUT2D eigenvalue weighted by Gasteiger charge is 2.44. The van der Waals surface area contributed by atoms with Crippen molar-refractivity contribution in [1.29, 1.82) is 0 Å². The lowest BCUT2D eigenvalue weighted by Crippen LogP contribution is -2.41. The molecule has 0 amide bonds. The summed E-state index contributed by atoms with van der Waals surface area (Å²) in [6.07, 6.45) is 1.97. The summed E-state index contributed by atoms with van der Waals surface area (Å²) in [4.78, 5) is 24.3. The van der Waals surface area contributed by atoms with E-state index < -0.39 is 17.4 Å². The van der Waals surface area contributed by atoms with E-state index >= 15 is 0 Å². The van der Waals surface area contributed by atoms with Crippen LogP contribution in [-0.2, 0) is 25.5 Å². The summed E-state index contributed by atoms with van der Waals surface area (Å²) in [5.74, 6) is -1.12. The molecule has 1 aromatic rings. The first-order valence-electron chi connectivity index (χ1n) is 7.03. The highest BCUT2D eigenvalue weighted by atomic mass is 16.6. The molecule has 0 aliphatic heterocycles. The van der Waals surface area contributed by atoms with Crippen LogP contribution in [-0.4, -0.2) is 25.2 Å². The second kappa shape index (κ2) is 7.62. The van der Waals surface area contributed by atoms with Gasteiger partial charge in [0.05, 0.1) is 13.2 Å². The summed E-state index contributed by atoms with van der Waals surface area (Å²) in [6.45, 7) is 9.12. The Labute approximate surface area is 125 Å². The summed E-state index contributed by atoms with van der Waals surface area (Å²) < 4.78 is 10.1. The maximum atomic E-state index is 12.2. The third kappa shape index (κ3) is 4.18. The van der Waals surface area contributed by atoms with Gasteiger partial charge in [0.1, 0.15) is 0 Å². The summed E-state index contributed by atoms with van der Waals surface area (Å²) >= 11 is 0. The van der Waals surface area contributed by atoms with Crippen LogP contribution in [0.25, 0.3) is 6.08 Å². The van der Waals surface area contributed by atoms with Crippen LogP contribution in [0.1, 0.15) is 31.9 Å². The van der Waals surface area contributed by atoms with Gasteiger partial charge >= 0.3 is 11.9 Å². The van der Waals surface area contributed by atoms with Gasteiger partial charge in [0, 0.05) is 0 Å². The maximum absolute atomic E-state index is 12.2. The summed E-state index contributed by atoms with van der Waals surface area (Å²) in [5, 5.41) is 0. The zero-order chi connectivity index (χ0) is 15.9. The smallest absolute Gasteiger partial charge is 0.323 e. The molecular formula is C17H22O4. The van der Waals surface area contributed by atoms with Gasteiger partial charge in [0.2, 0.25) is 0 Å². The largest absolute Gasteiger partial charge is 0.465 e. The monoisotopic (exact) mass is 290 g/mol. The first kappa shape index (κ1) is 17.0. The predicted octanol–water partition coefficient (Wildman–Crippen LogP) is 3.00. The van der Waals surface area contributed by atoms with Crippen molar-refractivity contribution in [3.63, 3.8) is 0 Å². The normalized spacial score (nSPS) is 10.8. The van der Waals surface area contributed by atoms with Crippen LogP contribution in [0.15, 0.2) is 30.8 Å². The fourth-order valence-electron chi connectivity index (χ4n) is 1.99. The topological polar surface area (TPSA) is 52.6 Å². The molecule has 0 unspecified atom stereocenters. The van der Waals surface area contributed by atoms with E-state index in [0.29, 0.717) is 0 Å². The predicted molar refractivity (Wildman–Crippen MR) is 81.6 cm³/mol. The molecule has 0 radical (unpaired) electrons. The van der Waals surface area contributed by atoms with Crippen LogP contribution in [0.5, 0.6) is 0 Å². The number of hydrogen-bond donors (Lipinski definition) is 0. The molecular weight excluding hydrogens is 268 g/mol. The van der Waals surface area contributed by atoms with E-state index in [2.05, 4.69) is 6.58 Å². The van der Waals surface area contributed by atoms with Gasteiger partial charge in [-0.1, -0.05) is 36.9 Å². The molecule has 1 aromatic carbocycles. The van der Waals surface area contributed by atoms with Crippen molar-refractivity contribution in [2.45, 2.75) is 27.2 Å². The molecule has 4 heteroatoms. The van der Waals surface area contributed by atoms with E-state index in [9.17, 15) is 9.59 Å². The molecule has 0 saturated heterocycles. The Morgan fingerprint density at radius 2 is 1.57 bits per heavy atom. The van der Waals surface area contributed by atoms with Gasteiger partial charge in [0.15, 0.2) is 5.41 Å². The van der Waals surface area contributed by atoms with E-state index in [0.717, 1.165) is 11.1 Å². The van der Waals surface area contributed by atoms with Gasteiger partial charge in [0.25, 0.3) is 0 Å². The van der Waals surface area contributed by atoms with E-state index in [1.54, 1.807) is 26.8 Å². The lowest BCUT2D eigenvalue weighted by molar-refractivity contribution is -0.170. The van der Waals surface area contributed by atoms with Gasteiger partial charge in [-0.15, -0.1) is 0 Å². The van der Waals surface area contributed by atoms with E-state index in [1.165, 1.54) is 0 Å². The minimum absolute atomic E-state index is 0.225. The van der Waals surface area contributed by atoms with Crippen molar-refractivity contribution in [2.75, 3.05) is 13.2 Å². The number of ether oxygens (including phenoxy) is 2. The standard InChI is InChI=1S/C17H22O4/c1-5-13-8-10-14(11-9-13)12-17(4,15(18)20-6-2)16(19)21-7-3/h5,8-11H,1,6-7,12H2,2-4H3. The average Bonchev–Trinajstić information content (AvgIpc) is 2.48. The zero-order valence-corrected chi connectivity index (χ0v) is 12.8. The summed E-state index contributed by atoms with van der Waals surface area (Å²) in [5.41, 5.74) is 0.513. The number of esters is 2. The second-order valence-corrected chi connectivity index (χ2v) is 4.90. The first-order valence-corrected chi connectivity index (χ1v) is 7.03. The van der Waals surface area contributed by atoms with Crippen molar-refractivity contribution < 1.29 is 19.1 Å². The first-order chi connectivity index (χ1) is 9.97. The number of rotatable bonds is 7. The molecule has 114 valence electrons. The Hall–Kier alpha value is -2.10. The molecule has 0 atom stereocenters. The molecule has 0 aliphatic carbocycles. The lowest BCUT2D eigenvalue weighted by atomic mass is 9.83. The van der Waals surface area contributed by atoms with E-state index in [-0.39, 0.29) is 19.6 Å². The fraction of sp³-hybridized carbons (Fsp3) is 0.412. The van der Waals surface area contributed by atoms with Crippen molar-refractivity contribution >= 4 is 18.0 Å². The van der Waals surface area contributed by atoms with Crippen molar-refractivity contribution in [3.8, 4) is 0 Å². The van der Waals surface area contributed by atoms with Gasteiger partial charge in [-0.3, -0.25) is 9.59 Å². The lowest BCUT2D eigenvalue weighted by Gasteiger charge is -2.25. The number of hydrogen-bond acceptors (Lipinski definition) is 4. The van der Waals surface area contributed by atoms with Gasteiger partial charge in [-0.2, -0.15) is 0 Å². The summed E-state index contributed by atoms with van der Waals surface area (Å²) in [7, 11) is 0. The Morgan fingerprint density at radius 3 is 1.95 bits per heavy atom. The van der Waals surface area contributed by atoms with E-state index in [1.807, 2.05) is 24.3 Å². The molecule has 0 aromatic heterocycles. The molecule has 4 nitrogen and oxygen atoms in total. The van der Waals surface area contributed by atoms with Gasteiger partial charge in [-0.05, 0) is 38.3 Å². The minimum atomic E-state index is -1.33. The SMILES string of the molecule is C=Cc1ccc(CC(C)(C(=O)OCC)C(=O)OCC)cc1. The average molecular weight is 290 g/mol. The maximum Gasteiger partial charge on any atom is 0.323 e. The van der Waals surface area contributed by atoms with E-state index in [4.69, 9.17) is 9.47 Å². The van der Waals surface area contributed by atoms with Crippen LogP contribution in [0.2, 0.25) is 0 Å². The van der Waals surface area contributed by atoms with Crippen molar-refractivity contribution in [1.82, 2.24) is 0 Å². The van der Waals surface area contributed by atoms with Crippen molar-refractivity contribution in [2.24, 2.45) is 5.41 Å². The zero-order valence-electron chi connectivity index (χ0n) is 12.8. The Balaban J connectivity index is 3.02. The molecule has 0 spiro atoms. The Morgan fingerprint density at radius 1 is 1.10 bits per heavy atom. The van der Waals surface area contributed by atoms with Crippen LogP contribution >= 0.6 is 0 Å². The highest BCUT2D eigenvalue weighted by Crippen LogP contribution is 2.27. The molecule has 1 rings (SSSR count). The fourth-order valence-corrected chi connectivity index (χ4v) is 1.99. The molecule has 0 N–H and O–H groups in total. The highest BCUT2D eigenvalue weighted by molar-refractivity contribution is 5.99. The number of benzene rings is 1. The minimum Gasteiger partial charge on any atom is -0.465 e. The second-order valence-electron chi connectivity index (χ2n) is 4.90. The molecule has 21 heavy (non-hydrogen) atoms. The summed E-state index contributed by atoms with van der Waals surface area (Å²) in [6, 6.07) is 7.51. The van der Waals surface area contributed by atoms with Crippen LogP contribution in [0.3, 0.4) is 0 Å². The molecule has 0 heterocycles. The Kier molecular flexibility index (Phi) is 6.15. The number of carbonyl (C=O) groups is 2. The third-order valence-electron chi connectivity index (χ3n) is 3.23. The van der Waals surface area contributed by atoms with Crippen LogP contribution in [0, 0.1) is 5.41 Å². The van der Waals surface area contributed by atoms with Crippen LogP contribution in [0.4, 0.5) is 0 Å². The number of carbonyl (C=O) groups excluding carboxylic acids is 2. The quantitative estimate of drug-likeness (QED) is 0.572. The molecule has 0 saturated carbocycles. The molecule has 0 bridgehead atoms. The van der Waals surface area contributed by atoms with Gasteiger partial charge in [-0.25, -0.2) is 0 Å². The van der Waals surface area contributed by atoms with Crippen molar-refractivity contribution in [3.05, 3.63) is 42.0 Å². The van der Waals surface area contributed by atoms with Crippen LogP contribution < -0.4 is 0 Å². The molecule has 0 aliphatic rings. The molecule has 0 fully saturated rings.